The number of rotatable bonds is 7. The molecule has 88 valence electrons. The van der Waals surface area contributed by atoms with Crippen molar-refractivity contribution < 1.29 is 24.5 Å². The van der Waals surface area contributed by atoms with Crippen LogP contribution in [-0.4, -0.2) is 60.4 Å². The van der Waals surface area contributed by atoms with Crippen molar-refractivity contribution in [1.82, 2.24) is 4.90 Å². The molecule has 2 N–H and O–H groups in total. The molecule has 0 saturated heterocycles. The molecule has 0 aromatic rings. The van der Waals surface area contributed by atoms with Gasteiger partial charge in [-0.25, -0.2) is 0 Å². The summed E-state index contributed by atoms with van der Waals surface area (Å²) >= 11 is 0. The molecule has 0 spiro atoms. The third kappa shape index (κ3) is 7.90. The second-order valence-corrected chi connectivity index (χ2v) is 3.45. The maximum atomic E-state index is 11.1. The van der Waals surface area contributed by atoms with Crippen molar-refractivity contribution in [3.05, 3.63) is 0 Å². The van der Waals surface area contributed by atoms with Crippen molar-refractivity contribution in [2.45, 2.75) is 18.9 Å². The van der Waals surface area contributed by atoms with Crippen LogP contribution < -0.4 is 0 Å². The highest BCUT2D eigenvalue weighted by Crippen LogP contribution is 1.99. The van der Waals surface area contributed by atoms with Crippen molar-refractivity contribution in [1.29, 1.82) is 0 Å². The summed E-state index contributed by atoms with van der Waals surface area (Å²) < 4.78 is 4.87. The van der Waals surface area contributed by atoms with E-state index in [1.165, 1.54) is 0 Å². The van der Waals surface area contributed by atoms with Gasteiger partial charge in [-0.05, 0) is 14.1 Å². The molecule has 0 aliphatic rings. The highest BCUT2D eigenvalue weighted by molar-refractivity contribution is 5.76. The maximum Gasteiger partial charge on any atom is 0.306 e. The van der Waals surface area contributed by atoms with Crippen LogP contribution in [0.5, 0.6) is 0 Å². The number of esters is 1. The van der Waals surface area contributed by atoms with E-state index in [4.69, 9.17) is 14.9 Å². The Balaban J connectivity index is 3.85. The lowest BCUT2D eigenvalue weighted by molar-refractivity contribution is -0.154. The first-order chi connectivity index (χ1) is 6.95. The monoisotopic (exact) mass is 219 g/mol. The quantitative estimate of drug-likeness (QED) is 0.551. The number of carboxylic acids is 1. The van der Waals surface area contributed by atoms with Gasteiger partial charge >= 0.3 is 11.9 Å². The van der Waals surface area contributed by atoms with Crippen molar-refractivity contribution in [2.75, 3.05) is 27.2 Å². The minimum Gasteiger partial charge on any atom is -0.481 e. The molecule has 6 nitrogen and oxygen atoms in total. The lowest BCUT2D eigenvalue weighted by Crippen LogP contribution is -2.33. The second-order valence-electron chi connectivity index (χ2n) is 3.45. The molecule has 0 radical (unpaired) electrons. The summed E-state index contributed by atoms with van der Waals surface area (Å²) in [5.41, 5.74) is 0. The van der Waals surface area contributed by atoms with Gasteiger partial charge in [0.25, 0.3) is 0 Å². The van der Waals surface area contributed by atoms with Gasteiger partial charge in [0.2, 0.25) is 0 Å². The summed E-state index contributed by atoms with van der Waals surface area (Å²) in [6.45, 7) is 0.145. The predicted molar refractivity (Wildman–Crippen MR) is 52.4 cm³/mol. The van der Waals surface area contributed by atoms with Crippen LogP contribution in [0.4, 0.5) is 0 Å². The fraction of sp³-hybridized carbons (Fsp3) is 0.778. The van der Waals surface area contributed by atoms with Crippen LogP contribution in [0.1, 0.15) is 12.8 Å². The number of ether oxygens (including phenoxy) is 1. The van der Waals surface area contributed by atoms with Crippen LogP contribution in [0.15, 0.2) is 0 Å². The van der Waals surface area contributed by atoms with Crippen LogP contribution in [-0.2, 0) is 14.3 Å². The maximum absolute atomic E-state index is 11.1. The molecule has 0 saturated carbocycles. The molecule has 0 unspecified atom stereocenters. The zero-order valence-corrected chi connectivity index (χ0v) is 8.97. The Morgan fingerprint density at radius 2 is 1.93 bits per heavy atom. The van der Waals surface area contributed by atoms with Gasteiger partial charge in [-0.3, -0.25) is 9.59 Å². The summed E-state index contributed by atoms with van der Waals surface area (Å²) in [6.07, 6.45) is -1.01. The van der Waals surface area contributed by atoms with Crippen LogP contribution in [0.3, 0.4) is 0 Å². The first-order valence-electron chi connectivity index (χ1n) is 4.62. The van der Waals surface area contributed by atoms with Crippen LogP contribution in [0, 0.1) is 0 Å². The van der Waals surface area contributed by atoms with Crippen molar-refractivity contribution in [3.8, 4) is 0 Å². The number of aliphatic hydroxyl groups is 1. The van der Waals surface area contributed by atoms with E-state index in [-0.39, 0.29) is 19.4 Å². The van der Waals surface area contributed by atoms with Gasteiger partial charge in [0, 0.05) is 6.54 Å². The Morgan fingerprint density at radius 1 is 1.33 bits per heavy atom. The van der Waals surface area contributed by atoms with E-state index in [9.17, 15) is 9.59 Å². The second kappa shape index (κ2) is 7.19. The topological polar surface area (TPSA) is 87.1 Å². The Morgan fingerprint density at radius 3 is 2.33 bits per heavy atom. The average Bonchev–Trinajstić information content (AvgIpc) is 2.13. The van der Waals surface area contributed by atoms with E-state index >= 15 is 0 Å². The van der Waals surface area contributed by atoms with E-state index in [2.05, 4.69) is 0 Å². The van der Waals surface area contributed by atoms with Gasteiger partial charge in [0.05, 0.1) is 19.4 Å². The molecular weight excluding hydrogens is 202 g/mol. The molecule has 0 fully saturated rings. The first-order valence-corrected chi connectivity index (χ1v) is 4.62. The highest BCUT2D eigenvalue weighted by atomic mass is 16.6. The molecule has 0 aliphatic heterocycles. The minimum atomic E-state index is -1.04. The Bertz CT molecular complexity index is 217. The van der Waals surface area contributed by atoms with Gasteiger partial charge in [-0.1, -0.05) is 0 Å². The van der Waals surface area contributed by atoms with Crippen LogP contribution >= 0.6 is 0 Å². The van der Waals surface area contributed by atoms with Crippen molar-refractivity contribution >= 4 is 11.9 Å². The minimum absolute atomic E-state index is 0.167. The molecule has 6 heteroatoms. The first kappa shape index (κ1) is 13.9. The molecular formula is C9H17NO5. The smallest absolute Gasteiger partial charge is 0.306 e. The summed E-state index contributed by atoms with van der Waals surface area (Å²) in [5, 5.41) is 17.2. The standard InChI is InChI=1S/C9H17NO5/c1-10(2)5-7(6-11)15-9(14)4-3-8(12)13/h7,11H,3-6H2,1-2H3,(H,12,13)/t7-/m1/s1. The zero-order valence-electron chi connectivity index (χ0n) is 8.97. The lowest BCUT2D eigenvalue weighted by Gasteiger charge is -2.19. The van der Waals surface area contributed by atoms with Gasteiger partial charge < -0.3 is 19.8 Å². The third-order valence-corrected chi connectivity index (χ3v) is 1.61. The number of aliphatic hydroxyl groups excluding tert-OH is 1. The molecule has 0 aromatic heterocycles. The lowest BCUT2D eigenvalue weighted by atomic mass is 10.3. The highest BCUT2D eigenvalue weighted by Gasteiger charge is 2.15. The number of aliphatic carboxylic acids is 1. The zero-order chi connectivity index (χ0) is 11.8. The number of hydrogen-bond acceptors (Lipinski definition) is 5. The molecule has 0 heterocycles. The molecule has 0 aromatic carbocycles. The molecule has 0 aliphatic carbocycles. The normalized spacial score (nSPS) is 12.5. The fourth-order valence-electron chi connectivity index (χ4n) is 0.993. The number of nitrogens with zero attached hydrogens (tertiary/aromatic N) is 1. The van der Waals surface area contributed by atoms with Gasteiger partial charge in [-0.2, -0.15) is 0 Å². The summed E-state index contributed by atoms with van der Waals surface area (Å²) in [6, 6.07) is 0. The summed E-state index contributed by atoms with van der Waals surface area (Å²) in [5.74, 6) is -1.64. The van der Waals surface area contributed by atoms with E-state index < -0.39 is 18.0 Å². The molecule has 0 rings (SSSR count). The van der Waals surface area contributed by atoms with Crippen LogP contribution in [0.25, 0.3) is 0 Å². The SMILES string of the molecule is CN(C)C[C@H](CO)OC(=O)CCC(=O)O. The van der Waals surface area contributed by atoms with Gasteiger partial charge in [-0.15, -0.1) is 0 Å². The molecule has 0 bridgehead atoms. The fourth-order valence-corrected chi connectivity index (χ4v) is 0.993. The Labute approximate surface area is 88.4 Å². The van der Waals surface area contributed by atoms with E-state index in [1.807, 2.05) is 0 Å². The molecule has 1 atom stereocenters. The van der Waals surface area contributed by atoms with Gasteiger partial charge in [0.15, 0.2) is 0 Å². The summed E-state index contributed by atoms with van der Waals surface area (Å²) in [7, 11) is 3.57. The number of carboxylic acid groups (broad SMARTS) is 1. The Kier molecular flexibility index (Phi) is 6.64. The molecule has 15 heavy (non-hydrogen) atoms. The van der Waals surface area contributed by atoms with Gasteiger partial charge in [0.1, 0.15) is 6.10 Å². The van der Waals surface area contributed by atoms with Crippen molar-refractivity contribution in [3.63, 3.8) is 0 Å². The average molecular weight is 219 g/mol. The van der Waals surface area contributed by atoms with Crippen molar-refractivity contribution in [2.24, 2.45) is 0 Å². The van der Waals surface area contributed by atoms with E-state index in [0.717, 1.165) is 0 Å². The number of carbonyl (C=O) groups excluding carboxylic acids is 1. The largest absolute Gasteiger partial charge is 0.481 e. The Hall–Kier alpha value is -1.14. The summed E-state index contributed by atoms with van der Waals surface area (Å²) in [4.78, 5) is 23.0. The molecule has 0 amide bonds. The number of likely N-dealkylation sites (N-methyl/N-ethyl adjacent to an activating group) is 1. The van der Waals surface area contributed by atoms with Crippen LogP contribution in [0.2, 0.25) is 0 Å². The van der Waals surface area contributed by atoms with E-state index in [0.29, 0.717) is 6.54 Å². The van der Waals surface area contributed by atoms with E-state index in [1.54, 1.807) is 19.0 Å². The predicted octanol–water partition coefficient (Wildman–Crippen LogP) is -0.683. The third-order valence-electron chi connectivity index (χ3n) is 1.61. The number of hydrogen-bond donors (Lipinski definition) is 2. The number of carbonyl (C=O) groups is 2.